The number of benzene rings is 2. The van der Waals surface area contributed by atoms with Gasteiger partial charge in [0.15, 0.2) is 5.82 Å². The topological polar surface area (TPSA) is 58.0 Å². The van der Waals surface area contributed by atoms with E-state index in [1.54, 1.807) is 0 Å². The molecule has 4 aromatic rings. The quantitative estimate of drug-likeness (QED) is 0.598. The Kier molecular flexibility index (Phi) is 3.75. The number of nitrogens with zero attached hydrogens (tertiary/aromatic N) is 3. The Morgan fingerprint density at radius 2 is 2.04 bits per heavy atom. The van der Waals surface area contributed by atoms with Gasteiger partial charge in [-0.2, -0.15) is 5.10 Å². The van der Waals surface area contributed by atoms with Crippen LogP contribution < -0.4 is 0 Å². The summed E-state index contributed by atoms with van der Waals surface area (Å²) >= 11 is 0. The van der Waals surface area contributed by atoms with Crippen LogP contribution in [0.2, 0.25) is 0 Å². The van der Waals surface area contributed by atoms with Crippen molar-refractivity contribution in [1.82, 2.24) is 20.1 Å². The fourth-order valence-electron chi connectivity index (χ4n) is 4.12. The van der Waals surface area contributed by atoms with Crippen LogP contribution in [0, 0.1) is 6.92 Å². The summed E-state index contributed by atoms with van der Waals surface area (Å²) in [5, 5.41) is 9.75. The summed E-state index contributed by atoms with van der Waals surface area (Å²) in [4.78, 5) is 7.04. The molecule has 5 heteroatoms. The van der Waals surface area contributed by atoms with Gasteiger partial charge in [-0.1, -0.05) is 36.4 Å². The predicted molar refractivity (Wildman–Crippen MR) is 102 cm³/mol. The number of aromatic amines is 1. The normalized spacial score (nSPS) is 18.7. The van der Waals surface area contributed by atoms with Gasteiger partial charge in [0.2, 0.25) is 0 Å². The highest BCUT2D eigenvalue weighted by atomic mass is 16.3. The maximum absolute atomic E-state index is 6.18. The molecule has 3 heterocycles. The number of H-pyrrole nitrogens is 1. The second-order valence-electron chi connectivity index (χ2n) is 7.25. The molecule has 0 amide bonds. The zero-order chi connectivity index (χ0) is 17.5. The van der Waals surface area contributed by atoms with E-state index < -0.39 is 0 Å². The van der Waals surface area contributed by atoms with Gasteiger partial charge in [-0.05, 0) is 32.4 Å². The Morgan fingerprint density at radius 1 is 1.15 bits per heavy atom. The third-order valence-electron chi connectivity index (χ3n) is 5.36. The Labute approximate surface area is 152 Å². The molecule has 1 aliphatic heterocycles. The van der Waals surface area contributed by atoms with Crippen molar-refractivity contribution in [2.45, 2.75) is 32.2 Å². The summed E-state index contributed by atoms with van der Waals surface area (Å²) in [6.45, 7) is 4.96. The number of rotatable bonds is 3. The van der Waals surface area contributed by atoms with Crippen molar-refractivity contribution in [2.24, 2.45) is 0 Å². The summed E-state index contributed by atoms with van der Waals surface area (Å²) in [6.07, 6.45) is 2.33. The first kappa shape index (κ1) is 15.6. The Bertz CT molecular complexity index is 1060. The lowest BCUT2D eigenvalue weighted by Gasteiger charge is -2.31. The van der Waals surface area contributed by atoms with Crippen molar-refractivity contribution in [1.29, 1.82) is 0 Å². The predicted octanol–water partition coefficient (Wildman–Crippen LogP) is 4.39. The number of aromatic nitrogens is 3. The van der Waals surface area contributed by atoms with Gasteiger partial charge in [-0.3, -0.25) is 10.00 Å². The lowest BCUT2D eigenvalue weighted by Crippen LogP contribution is -2.34. The molecular weight excluding hydrogens is 324 g/mol. The van der Waals surface area contributed by atoms with E-state index in [9.17, 15) is 0 Å². The molecule has 0 bridgehead atoms. The van der Waals surface area contributed by atoms with E-state index in [0.717, 1.165) is 48.9 Å². The summed E-state index contributed by atoms with van der Waals surface area (Å²) < 4.78 is 6.18. The van der Waals surface area contributed by atoms with Gasteiger partial charge in [0, 0.05) is 35.3 Å². The average molecular weight is 346 g/mol. The van der Waals surface area contributed by atoms with E-state index in [1.165, 1.54) is 22.8 Å². The number of fused-ring (bicyclic) bond motifs is 3. The maximum Gasteiger partial charge on any atom is 0.155 e. The Morgan fingerprint density at radius 3 is 2.92 bits per heavy atom. The smallest absolute Gasteiger partial charge is 0.155 e. The number of piperidine rings is 1. The molecule has 2 aromatic carbocycles. The van der Waals surface area contributed by atoms with Gasteiger partial charge in [0.1, 0.15) is 17.0 Å². The summed E-state index contributed by atoms with van der Waals surface area (Å²) in [6, 6.07) is 14.7. The maximum atomic E-state index is 6.18. The molecule has 1 unspecified atom stereocenters. The molecule has 0 radical (unpaired) electrons. The number of hydrogen-bond acceptors (Lipinski definition) is 4. The second kappa shape index (κ2) is 6.25. The number of furan rings is 1. The summed E-state index contributed by atoms with van der Waals surface area (Å²) in [5.74, 6) is 2.25. The van der Waals surface area contributed by atoms with E-state index in [1.807, 2.05) is 19.1 Å². The third kappa shape index (κ3) is 2.69. The van der Waals surface area contributed by atoms with E-state index in [4.69, 9.17) is 4.42 Å². The summed E-state index contributed by atoms with van der Waals surface area (Å²) in [5.41, 5.74) is 3.23. The van der Waals surface area contributed by atoms with E-state index in [-0.39, 0.29) is 0 Å². The molecule has 1 atom stereocenters. The van der Waals surface area contributed by atoms with Gasteiger partial charge in [0.05, 0.1) is 0 Å². The zero-order valence-electron chi connectivity index (χ0n) is 14.9. The van der Waals surface area contributed by atoms with Crippen LogP contribution in [0.4, 0.5) is 0 Å². The minimum Gasteiger partial charge on any atom is -0.456 e. The van der Waals surface area contributed by atoms with E-state index >= 15 is 0 Å². The van der Waals surface area contributed by atoms with Gasteiger partial charge in [0.25, 0.3) is 0 Å². The molecule has 1 N–H and O–H groups in total. The molecule has 1 saturated heterocycles. The summed E-state index contributed by atoms with van der Waals surface area (Å²) in [7, 11) is 0. The van der Waals surface area contributed by atoms with Gasteiger partial charge in [-0.25, -0.2) is 4.98 Å². The fraction of sp³-hybridized carbons (Fsp3) is 0.333. The van der Waals surface area contributed by atoms with Crippen molar-refractivity contribution >= 4 is 21.9 Å². The molecular formula is C21H22N4O. The highest BCUT2D eigenvalue weighted by molar-refractivity contribution is 6.05. The van der Waals surface area contributed by atoms with Crippen molar-refractivity contribution < 1.29 is 4.42 Å². The fourth-order valence-corrected chi connectivity index (χ4v) is 4.12. The highest BCUT2D eigenvalue weighted by Crippen LogP contribution is 2.32. The average Bonchev–Trinajstić information content (AvgIpc) is 3.26. The number of hydrogen-bond donors (Lipinski definition) is 1. The van der Waals surface area contributed by atoms with E-state index in [2.05, 4.69) is 50.4 Å². The molecule has 5 rings (SSSR count). The van der Waals surface area contributed by atoms with E-state index in [0.29, 0.717) is 5.92 Å². The lowest BCUT2D eigenvalue weighted by atomic mass is 9.96. The minimum absolute atomic E-state index is 0.406. The SMILES string of the molecule is Cc1nc(C2CCCN(Cc3cccc4c3oc3ccccc34)C2)n[nH]1. The molecule has 1 fully saturated rings. The zero-order valence-corrected chi connectivity index (χ0v) is 14.9. The van der Waals surface area contributed by atoms with Gasteiger partial charge < -0.3 is 4.42 Å². The third-order valence-corrected chi connectivity index (χ3v) is 5.36. The van der Waals surface area contributed by atoms with Crippen molar-refractivity contribution in [3.05, 3.63) is 59.7 Å². The second-order valence-corrected chi connectivity index (χ2v) is 7.25. The first-order valence-electron chi connectivity index (χ1n) is 9.28. The van der Waals surface area contributed by atoms with Gasteiger partial charge >= 0.3 is 0 Å². The lowest BCUT2D eigenvalue weighted by molar-refractivity contribution is 0.197. The van der Waals surface area contributed by atoms with Crippen LogP contribution in [0.25, 0.3) is 21.9 Å². The minimum atomic E-state index is 0.406. The number of aryl methyl sites for hydroxylation is 1. The monoisotopic (exact) mass is 346 g/mol. The Balaban J connectivity index is 1.43. The Hall–Kier alpha value is -2.66. The van der Waals surface area contributed by atoms with Crippen molar-refractivity contribution in [2.75, 3.05) is 13.1 Å². The van der Waals surface area contributed by atoms with Crippen LogP contribution in [-0.4, -0.2) is 33.2 Å². The molecule has 0 saturated carbocycles. The molecule has 1 aliphatic rings. The first-order valence-corrected chi connectivity index (χ1v) is 9.28. The standard InChI is InChI=1S/C21H22N4O/c1-14-22-21(24-23-14)16-7-5-11-25(13-16)12-15-6-4-9-18-17-8-2-3-10-19(17)26-20(15)18/h2-4,6,8-10,16H,5,7,11-13H2,1H3,(H,22,23,24). The van der Waals surface area contributed by atoms with Crippen LogP contribution in [0.1, 0.15) is 36.0 Å². The number of para-hydroxylation sites is 2. The van der Waals surface area contributed by atoms with Crippen LogP contribution in [0.3, 0.4) is 0 Å². The molecule has 0 spiro atoms. The first-order chi connectivity index (χ1) is 12.8. The molecule has 0 aliphatic carbocycles. The number of likely N-dealkylation sites (tertiary alicyclic amines) is 1. The molecule has 5 nitrogen and oxygen atoms in total. The van der Waals surface area contributed by atoms with Crippen LogP contribution >= 0.6 is 0 Å². The largest absolute Gasteiger partial charge is 0.456 e. The highest BCUT2D eigenvalue weighted by Gasteiger charge is 2.25. The van der Waals surface area contributed by atoms with Crippen LogP contribution in [0.15, 0.2) is 46.9 Å². The molecule has 2 aromatic heterocycles. The number of nitrogens with one attached hydrogen (secondary N) is 1. The van der Waals surface area contributed by atoms with Crippen LogP contribution in [0.5, 0.6) is 0 Å². The van der Waals surface area contributed by atoms with Gasteiger partial charge in [-0.15, -0.1) is 0 Å². The van der Waals surface area contributed by atoms with Crippen LogP contribution in [-0.2, 0) is 6.54 Å². The van der Waals surface area contributed by atoms with Crippen molar-refractivity contribution in [3.63, 3.8) is 0 Å². The van der Waals surface area contributed by atoms with Crippen molar-refractivity contribution in [3.8, 4) is 0 Å². The molecule has 26 heavy (non-hydrogen) atoms. The molecule has 132 valence electrons.